The smallest absolute Gasteiger partial charge is 0.325 e. The minimum Gasteiger partial charge on any atom is -3.00 e. The van der Waals surface area contributed by atoms with Crippen LogP contribution in [0.1, 0.15) is 41.5 Å². The molecular weight excluding hydrogens is 825 g/mol. The molecule has 8 aromatic rings. The van der Waals surface area contributed by atoms with E-state index in [-0.39, 0.29) is 42.5 Å². The summed E-state index contributed by atoms with van der Waals surface area (Å²) in [5, 5.41) is 16.0. The number of aliphatic hydroxyl groups is 1. The molecule has 0 aliphatic rings. The number of nitrogens with zero attached hydrogens (tertiary/aromatic N) is 2. The Balaban J connectivity index is 0.000000150. The van der Waals surface area contributed by atoms with Crippen LogP contribution in [0.5, 0.6) is 0 Å². The van der Waals surface area contributed by atoms with Crippen LogP contribution in [0.3, 0.4) is 0 Å². The van der Waals surface area contributed by atoms with Crippen LogP contribution in [0, 0.1) is 23.0 Å². The number of aliphatic hydroxyl groups excluding tert-OH is 1. The molecule has 51 heavy (non-hydrogen) atoms. The van der Waals surface area contributed by atoms with Gasteiger partial charge in [0.2, 0.25) is 0 Å². The summed E-state index contributed by atoms with van der Waals surface area (Å²) >= 11 is 1.85. The SMILES string of the molecule is CC(C)(C)C(=[OH+])/C=C(\O)C(C)(C)C.[Ir-3].[c-]1ccc2sc3cccc4c5cccnc5c1c2c34.[c-]1ccccc1-c1ccc(-c2ccccc2)cn1. The van der Waals surface area contributed by atoms with Crippen LogP contribution >= 0.6 is 11.3 Å². The molecule has 0 saturated heterocycles. The Labute approximate surface area is 317 Å². The van der Waals surface area contributed by atoms with Crippen LogP contribution in [0.15, 0.2) is 133 Å². The van der Waals surface area contributed by atoms with E-state index in [1.54, 1.807) is 0 Å². The number of hydrogen-bond donors (Lipinski definition) is 1. The third kappa shape index (κ3) is 8.43. The van der Waals surface area contributed by atoms with Crippen molar-refractivity contribution in [3.63, 3.8) is 0 Å². The minimum absolute atomic E-state index is 0. The van der Waals surface area contributed by atoms with E-state index in [0.717, 1.165) is 27.7 Å². The second-order valence-electron chi connectivity index (χ2n) is 14.3. The van der Waals surface area contributed by atoms with E-state index in [1.165, 1.54) is 42.6 Å². The largest absolute Gasteiger partial charge is 3.00 e. The predicted octanol–water partition coefficient (Wildman–Crippen LogP) is 12.3. The van der Waals surface area contributed by atoms with Gasteiger partial charge >= 0.3 is 5.78 Å². The van der Waals surface area contributed by atoms with E-state index < -0.39 is 0 Å². The van der Waals surface area contributed by atoms with Crippen LogP contribution in [0.4, 0.5) is 0 Å². The van der Waals surface area contributed by atoms with Gasteiger partial charge in [-0.05, 0) is 76.1 Å². The molecule has 0 fully saturated rings. The van der Waals surface area contributed by atoms with Crippen molar-refractivity contribution in [2.24, 2.45) is 10.8 Å². The Bertz CT molecular complexity index is 2260. The monoisotopic (exact) mass is 866 g/mol. The van der Waals surface area contributed by atoms with Gasteiger partial charge in [0, 0.05) is 22.5 Å². The molecule has 3 aromatic heterocycles. The zero-order valence-electron chi connectivity index (χ0n) is 29.7. The first-order valence-electron chi connectivity index (χ1n) is 16.7. The summed E-state index contributed by atoms with van der Waals surface area (Å²) in [6.45, 7) is 11.4. The third-order valence-electron chi connectivity index (χ3n) is 8.46. The predicted molar refractivity (Wildman–Crippen MR) is 213 cm³/mol. The number of rotatable bonds is 3. The number of hydrogen-bond acceptors (Lipinski definition) is 4. The van der Waals surface area contributed by atoms with E-state index in [2.05, 4.69) is 70.6 Å². The van der Waals surface area contributed by atoms with E-state index in [4.69, 9.17) is 0 Å². The Hall–Kier alpha value is -4.74. The van der Waals surface area contributed by atoms with Gasteiger partial charge in [-0.2, -0.15) is 11.3 Å². The van der Waals surface area contributed by atoms with Crippen molar-refractivity contribution in [3.8, 4) is 22.4 Å². The second kappa shape index (κ2) is 15.7. The Kier molecular flexibility index (Phi) is 11.5. The molecule has 0 aliphatic carbocycles. The molecule has 0 saturated carbocycles. The summed E-state index contributed by atoms with van der Waals surface area (Å²) in [5.41, 5.74) is 4.75. The molecule has 0 bridgehead atoms. The van der Waals surface area contributed by atoms with Crippen molar-refractivity contribution in [3.05, 3.63) is 146 Å². The Morgan fingerprint density at radius 2 is 1.41 bits per heavy atom. The average molecular weight is 866 g/mol. The fourth-order valence-corrected chi connectivity index (χ4v) is 6.65. The fourth-order valence-electron chi connectivity index (χ4n) is 5.51. The van der Waals surface area contributed by atoms with Gasteiger partial charge in [-0.25, -0.2) is 0 Å². The first-order chi connectivity index (χ1) is 23.9. The van der Waals surface area contributed by atoms with E-state index in [1.807, 2.05) is 126 Å². The summed E-state index contributed by atoms with van der Waals surface area (Å²) in [7, 11) is 0. The molecule has 4 nitrogen and oxygen atoms in total. The van der Waals surface area contributed by atoms with Gasteiger partial charge in [0.25, 0.3) is 0 Å². The standard InChI is InChI=1S/C17H8NS.C17H12N.C11H20O2.Ir/c1-4-10-11-6-3-9-18-17(11)12-5-2-8-14-16(12)15(10)13(7-1)19-14;1-3-7-14(8-4-1)16-11-12-17(18-13-16)15-9-5-2-6-10-15;1-10(2,3)8(12)7-9(13)11(4,5)6;/h1-4,6-9H;1-9,11-13H;7,12H,1-6H3;/q2*-1;;-3/p+1/b;;8-7-;. The zero-order valence-corrected chi connectivity index (χ0v) is 32.9. The molecule has 0 spiro atoms. The summed E-state index contributed by atoms with van der Waals surface area (Å²) in [5.74, 6) is 0.417. The number of ketones is 1. The summed E-state index contributed by atoms with van der Waals surface area (Å²) in [6, 6.07) is 43.7. The molecule has 5 aromatic carbocycles. The number of pyridine rings is 2. The maximum absolute atomic E-state index is 9.60. The topological polar surface area (TPSA) is 67.4 Å². The van der Waals surface area contributed by atoms with Crippen molar-refractivity contribution in [2.45, 2.75) is 41.5 Å². The van der Waals surface area contributed by atoms with Gasteiger partial charge in [-0.15, -0.1) is 59.5 Å². The van der Waals surface area contributed by atoms with Crippen LogP contribution in [0.25, 0.3) is 64.2 Å². The van der Waals surface area contributed by atoms with E-state index in [0.29, 0.717) is 0 Å². The maximum atomic E-state index is 9.60. The van der Waals surface area contributed by atoms with Gasteiger partial charge in [0.15, 0.2) is 0 Å². The zero-order chi connectivity index (χ0) is 35.5. The van der Waals surface area contributed by atoms with E-state index >= 15 is 0 Å². The van der Waals surface area contributed by atoms with Crippen LogP contribution in [0.2, 0.25) is 0 Å². The molecule has 0 atom stereocenters. The number of benzene rings is 5. The van der Waals surface area contributed by atoms with E-state index in [9.17, 15) is 9.90 Å². The molecule has 6 heteroatoms. The normalized spacial score (nSPS) is 11.8. The molecule has 8 rings (SSSR count). The number of carbonyl (C=O) groups excluding carboxylic acids is 1. The number of fused-ring (bicyclic) bond motifs is 3. The van der Waals surface area contributed by atoms with Gasteiger partial charge in [-0.3, -0.25) is 4.79 Å². The summed E-state index contributed by atoms with van der Waals surface area (Å²) in [6.07, 6.45) is 5.22. The van der Waals surface area contributed by atoms with Crippen molar-refractivity contribution in [1.82, 2.24) is 9.97 Å². The Morgan fingerprint density at radius 3 is 2.08 bits per heavy atom. The number of thiophene rings is 1. The van der Waals surface area contributed by atoms with Gasteiger partial charge in [-0.1, -0.05) is 86.8 Å². The molecule has 262 valence electrons. The van der Waals surface area contributed by atoms with Gasteiger partial charge in [0.1, 0.15) is 5.76 Å². The quantitative estimate of drug-likeness (QED) is 0.0632. The molecule has 3 heterocycles. The van der Waals surface area contributed by atoms with Crippen LogP contribution in [-0.4, -0.2) is 25.7 Å². The first kappa shape index (κ1) is 37.5. The molecule has 0 aliphatic heterocycles. The molecule has 0 amide bonds. The Morgan fingerprint density at radius 1 is 0.686 bits per heavy atom. The van der Waals surface area contributed by atoms with Gasteiger partial charge in [0.05, 0.1) is 11.5 Å². The van der Waals surface area contributed by atoms with Crippen molar-refractivity contribution in [2.75, 3.05) is 0 Å². The molecule has 2 N–H and O–H groups in total. The maximum Gasteiger partial charge on any atom is 0.325 e. The molecule has 0 radical (unpaired) electrons. The average Bonchev–Trinajstić information content (AvgIpc) is 3.52. The second-order valence-corrected chi connectivity index (χ2v) is 15.3. The van der Waals surface area contributed by atoms with Gasteiger partial charge < -0.3 is 35.2 Å². The van der Waals surface area contributed by atoms with Crippen LogP contribution in [-0.2, 0) is 20.1 Å². The third-order valence-corrected chi connectivity index (χ3v) is 9.58. The molecule has 0 unspecified atom stereocenters. The first-order valence-corrected chi connectivity index (χ1v) is 17.5. The fraction of sp³-hybridized carbons (Fsp3) is 0.178. The van der Waals surface area contributed by atoms with Crippen molar-refractivity contribution >= 4 is 59.0 Å². The number of allylic oxidation sites excluding steroid dienone is 2. The minimum atomic E-state index is -0.306. The molecular formula is C45H41IrN2O2S-4. The number of aromatic nitrogens is 2. The summed E-state index contributed by atoms with van der Waals surface area (Å²) in [4.78, 5) is 18.7. The van der Waals surface area contributed by atoms with Crippen LogP contribution < -0.4 is 0 Å². The summed E-state index contributed by atoms with van der Waals surface area (Å²) < 4.78 is 2.68. The van der Waals surface area contributed by atoms with Crippen molar-refractivity contribution < 1.29 is 30.0 Å². The van der Waals surface area contributed by atoms with Crippen molar-refractivity contribution in [1.29, 1.82) is 0 Å².